The molecule has 0 N–H and O–H groups in total. The highest BCUT2D eigenvalue weighted by molar-refractivity contribution is 7.99. The van der Waals surface area contributed by atoms with E-state index >= 15 is 0 Å². The number of hydrogen-bond acceptors (Lipinski definition) is 3. The summed E-state index contributed by atoms with van der Waals surface area (Å²) in [6.07, 6.45) is 0. The quantitative estimate of drug-likeness (QED) is 0.597. The molecule has 0 atom stereocenters. The van der Waals surface area contributed by atoms with E-state index in [1.54, 1.807) is 36.0 Å². The SMILES string of the molecule is CC(=O)c1ccccc1C(=O)c1ccc(Sc2ccccc2)cc1. The number of rotatable bonds is 5. The van der Waals surface area contributed by atoms with Crippen LogP contribution in [0.25, 0.3) is 0 Å². The summed E-state index contributed by atoms with van der Waals surface area (Å²) in [5.74, 6) is -0.229. The van der Waals surface area contributed by atoms with Crippen LogP contribution in [-0.4, -0.2) is 11.6 Å². The Morgan fingerprint density at radius 2 is 1.21 bits per heavy atom. The minimum atomic E-state index is -0.128. The molecule has 0 amide bonds. The van der Waals surface area contributed by atoms with Crippen LogP contribution in [0.15, 0.2) is 88.7 Å². The van der Waals surface area contributed by atoms with E-state index in [1.165, 1.54) is 6.92 Å². The summed E-state index contributed by atoms with van der Waals surface area (Å²) in [5, 5.41) is 0. The second-order valence-corrected chi connectivity index (χ2v) is 6.52. The molecule has 3 heteroatoms. The summed E-state index contributed by atoms with van der Waals surface area (Å²) in [4.78, 5) is 26.6. The summed E-state index contributed by atoms with van der Waals surface area (Å²) in [7, 11) is 0. The second-order valence-electron chi connectivity index (χ2n) is 5.37. The third-order valence-corrected chi connectivity index (χ3v) is 4.66. The predicted molar refractivity (Wildman–Crippen MR) is 96.9 cm³/mol. The molecule has 0 aromatic heterocycles. The van der Waals surface area contributed by atoms with Crippen molar-refractivity contribution >= 4 is 23.3 Å². The molecule has 0 saturated carbocycles. The molecule has 0 fully saturated rings. The van der Waals surface area contributed by atoms with E-state index in [9.17, 15) is 9.59 Å². The average molecular weight is 332 g/mol. The van der Waals surface area contributed by atoms with Gasteiger partial charge >= 0.3 is 0 Å². The molecule has 0 radical (unpaired) electrons. The summed E-state index contributed by atoms with van der Waals surface area (Å²) < 4.78 is 0. The van der Waals surface area contributed by atoms with Crippen LogP contribution in [0.2, 0.25) is 0 Å². The van der Waals surface area contributed by atoms with Gasteiger partial charge in [0.2, 0.25) is 0 Å². The molecule has 24 heavy (non-hydrogen) atoms. The van der Waals surface area contributed by atoms with Crippen molar-refractivity contribution in [2.45, 2.75) is 16.7 Å². The fourth-order valence-corrected chi connectivity index (χ4v) is 3.28. The van der Waals surface area contributed by atoms with Crippen LogP contribution < -0.4 is 0 Å². The van der Waals surface area contributed by atoms with Gasteiger partial charge in [0.05, 0.1) is 0 Å². The smallest absolute Gasteiger partial charge is 0.193 e. The van der Waals surface area contributed by atoms with E-state index in [4.69, 9.17) is 0 Å². The van der Waals surface area contributed by atoms with Gasteiger partial charge in [-0.25, -0.2) is 0 Å². The molecule has 0 heterocycles. The number of hydrogen-bond donors (Lipinski definition) is 0. The normalized spacial score (nSPS) is 10.4. The van der Waals surface area contributed by atoms with Crippen LogP contribution in [0, 0.1) is 0 Å². The molecule has 0 spiro atoms. The van der Waals surface area contributed by atoms with Crippen molar-refractivity contribution in [2.75, 3.05) is 0 Å². The molecule has 0 aliphatic heterocycles. The molecule has 2 nitrogen and oxygen atoms in total. The minimum absolute atomic E-state index is 0.102. The van der Waals surface area contributed by atoms with Crippen LogP contribution in [0.1, 0.15) is 33.2 Å². The van der Waals surface area contributed by atoms with Gasteiger partial charge in [0.1, 0.15) is 0 Å². The van der Waals surface area contributed by atoms with Gasteiger partial charge in [-0.15, -0.1) is 0 Å². The van der Waals surface area contributed by atoms with Crippen LogP contribution in [0.5, 0.6) is 0 Å². The number of benzene rings is 3. The lowest BCUT2D eigenvalue weighted by atomic mass is 9.96. The Labute approximate surface area is 145 Å². The summed E-state index contributed by atoms with van der Waals surface area (Å²) in [6.45, 7) is 1.48. The maximum absolute atomic E-state index is 12.7. The molecule has 0 aliphatic carbocycles. The van der Waals surface area contributed by atoms with Gasteiger partial charge in [-0.05, 0) is 43.3 Å². The Kier molecular flexibility index (Phi) is 4.92. The number of carbonyl (C=O) groups is 2. The highest BCUT2D eigenvalue weighted by atomic mass is 32.2. The van der Waals surface area contributed by atoms with E-state index in [2.05, 4.69) is 0 Å². The topological polar surface area (TPSA) is 34.1 Å². The first-order valence-electron chi connectivity index (χ1n) is 7.63. The van der Waals surface area contributed by atoms with Crippen molar-refractivity contribution in [2.24, 2.45) is 0 Å². The third-order valence-electron chi connectivity index (χ3n) is 3.65. The minimum Gasteiger partial charge on any atom is -0.294 e. The zero-order valence-electron chi connectivity index (χ0n) is 13.2. The maximum Gasteiger partial charge on any atom is 0.193 e. The van der Waals surface area contributed by atoms with Crippen LogP contribution >= 0.6 is 11.8 Å². The molecule has 0 aliphatic rings. The van der Waals surface area contributed by atoms with Crippen LogP contribution in [0.3, 0.4) is 0 Å². The fraction of sp³-hybridized carbons (Fsp3) is 0.0476. The molecule has 3 rings (SSSR count). The Morgan fingerprint density at radius 1 is 0.667 bits per heavy atom. The predicted octanol–water partition coefficient (Wildman–Crippen LogP) is 5.27. The lowest BCUT2D eigenvalue weighted by Crippen LogP contribution is -2.08. The van der Waals surface area contributed by atoms with Gasteiger partial charge < -0.3 is 0 Å². The van der Waals surface area contributed by atoms with Crippen molar-refractivity contribution in [3.63, 3.8) is 0 Å². The fourth-order valence-electron chi connectivity index (χ4n) is 2.44. The van der Waals surface area contributed by atoms with Gasteiger partial charge in [0, 0.05) is 26.5 Å². The molecular formula is C21H16O2S. The molecule has 0 unspecified atom stereocenters. The van der Waals surface area contributed by atoms with Gasteiger partial charge in [-0.3, -0.25) is 9.59 Å². The Hall–Kier alpha value is -2.65. The van der Waals surface area contributed by atoms with Crippen LogP contribution in [-0.2, 0) is 0 Å². The van der Waals surface area contributed by atoms with E-state index in [1.807, 2.05) is 54.6 Å². The first-order chi connectivity index (χ1) is 11.6. The van der Waals surface area contributed by atoms with Gasteiger partial charge in [-0.2, -0.15) is 0 Å². The molecule has 0 bridgehead atoms. The van der Waals surface area contributed by atoms with E-state index < -0.39 is 0 Å². The van der Waals surface area contributed by atoms with Crippen molar-refractivity contribution < 1.29 is 9.59 Å². The number of Topliss-reactive ketones (excluding diaryl/α,β-unsaturated/α-hetero) is 1. The van der Waals surface area contributed by atoms with Gasteiger partial charge in [0.25, 0.3) is 0 Å². The molecule has 3 aromatic rings. The zero-order valence-corrected chi connectivity index (χ0v) is 14.0. The molecule has 0 saturated heterocycles. The van der Waals surface area contributed by atoms with E-state index in [-0.39, 0.29) is 11.6 Å². The summed E-state index contributed by atoms with van der Waals surface area (Å²) in [6, 6.07) is 24.5. The van der Waals surface area contributed by atoms with Crippen molar-refractivity contribution in [3.8, 4) is 0 Å². The third kappa shape index (κ3) is 3.63. The highest BCUT2D eigenvalue weighted by Gasteiger charge is 2.15. The molecule has 3 aromatic carbocycles. The second kappa shape index (κ2) is 7.28. The Bertz CT molecular complexity index is 868. The van der Waals surface area contributed by atoms with Crippen LogP contribution in [0.4, 0.5) is 0 Å². The Balaban J connectivity index is 1.83. The average Bonchev–Trinajstić information content (AvgIpc) is 2.62. The lowest BCUT2D eigenvalue weighted by molar-refractivity contribution is 0.0990. The van der Waals surface area contributed by atoms with Crippen molar-refractivity contribution in [1.82, 2.24) is 0 Å². The monoisotopic (exact) mass is 332 g/mol. The largest absolute Gasteiger partial charge is 0.294 e. The molecular weight excluding hydrogens is 316 g/mol. The summed E-state index contributed by atoms with van der Waals surface area (Å²) >= 11 is 1.65. The van der Waals surface area contributed by atoms with Crippen molar-refractivity contribution in [3.05, 3.63) is 95.6 Å². The first-order valence-corrected chi connectivity index (χ1v) is 8.44. The van der Waals surface area contributed by atoms with Crippen molar-refractivity contribution in [1.29, 1.82) is 0 Å². The summed E-state index contributed by atoms with van der Waals surface area (Å²) in [5.41, 5.74) is 1.50. The van der Waals surface area contributed by atoms with E-state index in [0.717, 1.165) is 9.79 Å². The van der Waals surface area contributed by atoms with E-state index in [0.29, 0.717) is 16.7 Å². The lowest BCUT2D eigenvalue weighted by Gasteiger charge is -2.07. The highest BCUT2D eigenvalue weighted by Crippen LogP contribution is 2.28. The maximum atomic E-state index is 12.7. The Morgan fingerprint density at radius 3 is 1.83 bits per heavy atom. The zero-order chi connectivity index (χ0) is 16.9. The number of carbonyl (C=O) groups excluding carboxylic acids is 2. The van der Waals surface area contributed by atoms with Gasteiger partial charge in [-0.1, -0.05) is 54.2 Å². The van der Waals surface area contributed by atoms with Gasteiger partial charge in [0.15, 0.2) is 11.6 Å². The molecule has 118 valence electrons. The first kappa shape index (κ1) is 16.2. The standard InChI is InChI=1S/C21H16O2S/c1-15(22)19-9-5-6-10-20(19)21(23)16-11-13-18(14-12-16)24-17-7-3-2-4-8-17/h2-14H,1H3. The number of ketones is 2.